The van der Waals surface area contributed by atoms with Crippen LogP contribution in [0.4, 0.5) is 0 Å². The SMILES string of the molecule is CS(=O)(=O)N1CCc2c(c(-c3ccc(Cl)c(C#Cc4ccc(CNCc5ccc(Cl)cc5)cc4)c3)nn2CCCN2C[C@H]3C[C@@H]2CN3)C1. The average molecular weight is 704 g/mol. The largest absolute Gasteiger partial charge is 0.311 e. The van der Waals surface area contributed by atoms with Gasteiger partial charge in [0.1, 0.15) is 0 Å². The van der Waals surface area contributed by atoms with Gasteiger partial charge in [0.05, 0.1) is 17.0 Å². The second-order valence-electron chi connectivity index (χ2n) is 13.1. The second-order valence-corrected chi connectivity index (χ2v) is 15.9. The van der Waals surface area contributed by atoms with Crippen molar-refractivity contribution in [2.45, 2.75) is 57.5 Å². The molecular formula is C37H40Cl2N6O2S. The van der Waals surface area contributed by atoms with Gasteiger partial charge in [-0.05, 0) is 60.4 Å². The molecule has 0 amide bonds. The first-order valence-corrected chi connectivity index (χ1v) is 19.2. The predicted octanol–water partition coefficient (Wildman–Crippen LogP) is 5.30. The molecule has 11 heteroatoms. The van der Waals surface area contributed by atoms with E-state index in [2.05, 4.69) is 44.2 Å². The molecule has 3 aliphatic rings. The van der Waals surface area contributed by atoms with Crippen molar-refractivity contribution in [1.82, 2.24) is 29.6 Å². The minimum Gasteiger partial charge on any atom is -0.311 e. The van der Waals surface area contributed by atoms with E-state index in [1.807, 2.05) is 54.6 Å². The number of aromatic nitrogens is 2. The Morgan fingerprint density at radius 1 is 0.979 bits per heavy atom. The van der Waals surface area contributed by atoms with Crippen molar-refractivity contribution in [3.8, 4) is 23.1 Å². The van der Waals surface area contributed by atoms with Gasteiger partial charge in [0, 0.05) is 104 Å². The molecule has 0 spiro atoms. The molecule has 3 aromatic carbocycles. The first kappa shape index (κ1) is 33.3. The van der Waals surface area contributed by atoms with E-state index < -0.39 is 10.0 Å². The van der Waals surface area contributed by atoms with Crippen LogP contribution in [-0.2, 0) is 42.6 Å². The topological polar surface area (TPSA) is 82.5 Å². The molecule has 48 heavy (non-hydrogen) atoms. The van der Waals surface area contributed by atoms with Crippen LogP contribution in [0.1, 0.15) is 46.4 Å². The molecular weight excluding hydrogens is 663 g/mol. The molecule has 3 aliphatic heterocycles. The van der Waals surface area contributed by atoms with Crippen molar-refractivity contribution in [3.05, 3.63) is 110 Å². The summed E-state index contributed by atoms with van der Waals surface area (Å²) < 4.78 is 28.7. The molecule has 2 N–H and O–H groups in total. The number of piperazine rings is 1. The molecule has 2 atom stereocenters. The van der Waals surface area contributed by atoms with E-state index >= 15 is 0 Å². The van der Waals surface area contributed by atoms with Crippen molar-refractivity contribution in [2.24, 2.45) is 0 Å². The first-order valence-electron chi connectivity index (χ1n) is 16.6. The molecule has 0 unspecified atom stereocenters. The molecule has 2 fully saturated rings. The smallest absolute Gasteiger partial charge is 0.211 e. The normalized spacial score (nSPS) is 19.3. The van der Waals surface area contributed by atoms with Crippen LogP contribution in [-0.4, -0.2) is 71.9 Å². The van der Waals surface area contributed by atoms with Gasteiger partial charge in [0.15, 0.2) is 0 Å². The third-order valence-corrected chi connectivity index (χ3v) is 11.5. The van der Waals surface area contributed by atoms with Crippen LogP contribution in [0.15, 0.2) is 66.7 Å². The zero-order valence-electron chi connectivity index (χ0n) is 27.1. The Morgan fingerprint density at radius 2 is 1.73 bits per heavy atom. The molecule has 2 saturated heterocycles. The summed E-state index contributed by atoms with van der Waals surface area (Å²) in [5, 5.41) is 13.4. The summed E-state index contributed by atoms with van der Waals surface area (Å²) in [6.45, 7) is 6.34. The third-order valence-electron chi connectivity index (χ3n) is 9.66. The van der Waals surface area contributed by atoms with E-state index in [0.29, 0.717) is 42.2 Å². The van der Waals surface area contributed by atoms with Gasteiger partial charge in [0.25, 0.3) is 0 Å². The van der Waals surface area contributed by atoms with E-state index in [9.17, 15) is 8.42 Å². The number of nitrogens with zero attached hydrogens (tertiary/aromatic N) is 4. The number of hydrogen-bond acceptors (Lipinski definition) is 6. The maximum atomic E-state index is 12.5. The van der Waals surface area contributed by atoms with E-state index in [4.69, 9.17) is 28.3 Å². The fraction of sp³-hybridized carbons (Fsp3) is 0.378. The van der Waals surface area contributed by atoms with Crippen LogP contribution in [0.5, 0.6) is 0 Å². The Hall–Kier alpha value is -3.20. The van der Waals surface area contributed by atoms with Gasteiger partial charge in [0.2, 0.25) is 10.0 Å². The zero-order chi connectivity index (χ0) is 33.3. The van der Waals surface area contributed by atoms with Crippen LogP contribution in [0, 0.1) is 11.8 Å². The van der Waals surface area contributed by atoms with Gasteiger partial charge >= 0.3 is 0 Å². The van der Waals surface area contributed by atoms with Gasteiger partial charge in [-0.25, -0.2) is 8.42 Å². The Morgan fingerprint density at radius 3 is 2.42 bits per heavy atom. The summed E-state index contributed by atoms with van der Waals surface area (Å²) in [5.41, 5.74) is 7.74. The molecule has 1 aromatic heterocycles. The van der Waals surface area contributed by atoms with Crippen molar-refractivity contribution in [1.29, 1.82) is 0 Å². The molecule has 0 aliphatic carbocycles. The van der Waals surface area contributed by atoms with Crippen LogP contribution < -0.4 is 10.6 Å². The summed E-state index contributed by atoms with van der Waals surface area (Å²) in [7, 11) is -3.34. The van der Waals surface area contributed by atoms with Crippen LogP contribution >= 0.6 is 23.2 Å². The fourth-order valence-corrected chi connectivity index (χ4v) is 8.16. The number of sulfonamides is 1. The molecule has 250 valence electrons. The van der Waals surface area contributed by atoms with Crippen molar-refractivity contribution in [2.75, 3.05) is 32.4 Å². The summed E-state index contributed by atoms with van der Waals surface area (Å²) in [6, 6.07) is 23.1. The first-order chi connectivity index (χ1) is 23.2. The second kappa shape index (κ2) is 14.3. The lowest BCUT2D eigenvalue weighted by atomic mass is 10.0. The number of likely N-dealkylation sites (tertiary alicyclic amines) is 1. The Bertz CT molecular complexity index is 1950. The highest BCUT2D eigenvalue weighted by molar-refractivity contribution is 7.88. The number of rotatable bonds is 10. The van der Waals surface area contributed by atoms with Crippen LogP contribution in [0.25, 0.3) is 11.3 Å². The zero-order valence-corrected chi connectivity index (χ0v) is 29.4. The molecule has 4 aromatic rings. The van der Waals surface area contributed by atoms with E-state index in [1.165, 1.54) is 23.8 Å². The number of aryl methyl sites for hydroxylation is 1. The highest BCUT2D eigenvalue weighted by atomic mass is 35.5. The maximum absolute atomic E-state index is 12.5. The summed E-state index contributed by atoms with van der Waals surface area (Å²) in [5.74, 6) is 6.53. The van der Waals surface area contributed by atoms with Crippen molar-refractivity contribution in [3.63, 3.8) is 0 Å². The molecule has 2 bridgehead atoms. The summed E-state index contributed by atoms with van der Waals surface area (Å²) >= 11 is 12.6. The number of benzene rings is 3. The molecule has 7 rings (SSSR count). The van der Waals surface area contributed by atoms with E-state index in [-0.39, 0.29) is 0 Å². The molecule has 0 saturated carbocycles. The van der Waals surface area contributed by atoms with Gasteiger partial charge in [-0.1, -0.05) is 65.4 Å². The fourth-order valence-electron chi connectivity index (χ4n) is 7.08. The Balaban J connectivity index is 1.07. The van der Waals surface area contributed by atoms with E-state index in [1.54, 1.807) is 4.31 Å². The Labute approximate surface area is 293 Å². The van der Waals surface area contributed by atoms with Gasteiger partial charge in [-0.3, -0.25) is 9.58 Å². The highest BCUT2D eigenvalue weighted by Gasteiger charge is 2.37. The van der Waals surface area contributed by atoms with Gasteiger partial charge in [-0.15, -0.1) is 0 Å². The lowest BCUT2D eigenvalue weighted by Gasteiger charge is -2.27. The van der Waals surface area contributed by atoms with Crippen LogP contribution in [0.3, 0.4) is 0 Å². The number of hydrogen-bond donors (Lipinski definition) is 2. The van der Waals surface area contributed by atoms with E-state index in [0.717, 1.165) is 78.8 Å². The number of fused-ring (bicyclic) bond motifs is 3. The monoisotopic (exact) mass is 702 g/mol. The van der Waals surface area contributed by atoms with Gasteiger partial charge < -0.3 is 10.6 Å². The summed E-state index contributed by atoms with van der Waals surface area (Å²) in [6.07, 6.45) is 4.17. The average Bonchev–Trinajstić information content (AvgIpc) is 3.81. The standard InChI is InChI=1S/C37H40Cl2N6O2S/c1-48(46,47)44-18-15-36-34(25-44)37(42-45(36)17-2-16-43-24-32-20-33(43)23-41-32)30-11-14-35(39)29(19-30)10-7-26-3-5-27(6-4-26)21-40-22-28-8-12-31(38)13-9-28/h3-6,8-9,11-14,19,32-33,40-41H,2,15-18,20-25H2,1H3/t32-,33-/m1/s1. The molecule has 0 radical (unpaired) electrons. The highest BCUT2D eigenvalue weighted by Crippen LogP contribution is 2.33. The van der Waals surface area contributed by atoms with Crippen molar-refractivity contribution >= 4 is 33.2 Å². The lowest BCUT2D eigenvalue weighted by molar-refractivity contribution is 0.218. The molecule has 8 nitrogen and oxygen atoms in total. The predicted molar refractivity (Wildman–Crippen MR) is 192 cm³/mol. The maximum Gasteiger partial charge on any atom is 0.211 e. The lowest BCUT2D eigenvalue weighted by Crippen LogP contribution is -2.44. The minimum atomic E-state index is -3.34. The minimum absolute atomic E-state index is 0.315. The van der Waals surface area contributed by atoms with Gasteiger partial charge in [-0.2, -0.15) is 9.40 Å². The summed E-state index contributed by atoms with van der Waals surface area (Å²) in [4.78, 5) is 2.60. The third kappa shape index (κ3) is 7.66. The quantitative estimate of drug-likeness (QED) is 0.219. The number of nitrogens with one attached hydrogen (secondary N) is 2. The molecule has 4 heterocycles. The van der Waals surface area contributed by atoms with Crippen LogP contribution in [0.2, 0.25) is 10.0 Å². The Kier molecular flexibility index (Phi) is 9.95. The van der Waals surface area contributed by atoms with Crippen molar-refractivity contribution < 1.29 is 8.42 Å². The number of halogens is 2.